The number of hydrogen-bond donors (Lipinski definition) is 3. The molecule has 2 aromatic rings. The summed E-state index contributed by atoms with van der Waals surface area (Å²) in [5, 5.41) is 12.0. The summed E-state index contributed by atoms with van der Waals surface area (Å²) in [5.41, 5.74) is 7.61. The quantitative estimate of drug-likeness (QED) is 0.760. The molecule has 1 aromatic carbocycles. The SMILES string of the molecule is Cc1ccnc2ccc(C(=O)NC[C@@H](N)C(=O)O)cc12. The second-order valence-corrected chi connectivity index (χ2v) is 4.51. The fourth-order valence-electron chi connectivity index (χ4n) is 1.82. The Morgan fingerprint density at radius 1 is 1.40 bits per heavy atom. The average molecular weight is 273 g/mol. The van der Waals surface area contributed by atoms with Gasteiger partial charge < -0.3 is 16.2 Å². The molecular weight excluding hydrogens is 258 g/mol. The topological polar surface area (TPSA) is 105 Å². The first-order valence-electron chi connectivity index (χ1n) is 6.11. The number of hydrogen-bond acceptors (Lipinski definition) is 4. The van der Waals surface area contributed by atoms with Crippen molar-refractivity contribution in [1.82, 2.24) is 10.3 Å². The summed E-state index contributed by atoms with van der Waals surface area (Å²) in [4.78, 5) is 26.7. The van der Waals surface area contributed by atoms with Crippen LogP contribution in [0.2, 0.25) is 0 Å². The molecule has 0 fully saturated rings. The van der Waals surface area contributed by atoms with Crippen LogP contribution in [0.4, 0.5) is 0 Å². The molecule has 1 atom stereocenters. The number of nitrogens with two attached hydrogens (primary N) is 1. The highest BCUT2D eigenvalue weighted by molar-refractivity contribution is 5.98. The summed E-state index contributed by atoms with van der Waals surface area (Å²) in [6.45, 7) is 1.82. The Labute approximate surface area is 115 Å². The van der Waals surface area contributed by atoms with Crippen molar-refractivity contribution in [3.63, 3.8) is 0 Å². The van der Waals surface area contributed by atoms with Gasteiger partial charge in [0.1, 0.15) is 6.04 Å². The molecule has 0 aliphatic carbocycles. The predicted octanol–water partition coefficient (Wildman–Crippen LogP) is 0.685. The minimum atomic E-state index is -1.15. The van der Waals surface area contributed by atoms with Crippen LogP contribution in [0.3, 0.4) is 0 Å². The maximum absolute atomic E-state index is 11.9. The molecule has 1 amide bonds. The van der Waals surface area contributed by atoms with Crippen LogP contribution in [0.1, 0.15) is 15.9 Å². The Morgan fingerprint density at radius 3 is 2.85 bits per heavy atom. The molecule has 6 heteroatoms. The number of aliphatic carboxylic acids is 1. The number of nitrogens with zero attached hydrogens (tertiary/aromatic N) is 1. The minimum absolute atomic E-state index is 0.113. The number of fused-ring (bicyclic) bond motifs is 1. The molecule has 0 unspecified atom stereocenters. The Hall–Kier alpha value is -2.47. The van der Waals surface area contributed by atoms with Gasteiger partial charge in [-0.25, -0.2) is 0 Å². The van der Waals surface area contributed by atoms with Gasteiger partial charge >= 0.3 is 5.97 Å². The van der Waals surface area contributed by atoms with E-state index < -0.39 is 12.0 Å². The van der Waals surface area contributed by atoms with E-state index in [0.29, 0.717) is 5.56 Å². The minimum Gasteiger partial charge on any atom is -0.480 e. The van der Waals surface area contributed by atoms with Crippen molar-refractivity contribution in [3.05, 3.63) is 41.6 Å². The molecule has 4 N–H and O–H groups in total. The average Bonchev–Trinajstić information content (AvgIpc) is 2.44. The van der Waals surface area contributed by atoms with Crippen molar-refractivity contribution in [1.29, 1.82) is 0 Å². The van der Waals surface area contributed by atoms with Crippen LogP contribution in [0.25, 0.3) is 10.9 Å². The van der Waals surface area contributed by atoms with Crippen LogP contribution >= 0.6 is 0 Å². The Balaban J connectivity index is 2.18. The van der Waals surface area contributed by atoms with E-state index in [1.165, 1.54) is 0 Å². The van der Waals surface area contributed by atoms with E-state index in [-0.39, 0.29) is 12.5 Å². The van der Waals surface area contributed by atoms with Crippen LogP contribution in [-0.4, -0.2) is 34.6 Å². The van der Waals surface area contributed by atoms with Gasteiger partial charge in [-0.1, -0.05) is 0 Å². The number of aryl methyl sites for hydroxylation is 1. The molecule has 0 saturated heterocycles. The fourth-order valence-corrected chi connectivity index (χ4v) is 1.82. The Bertz CT molecular complexity index is 670. The van der Waals surface area contributed by atoms with E-state index in [0.717, 1.165) is 16.5 Å². The number of carbonyl (C=O) groups excluding carboxylic acids is 1. The standard InChI is InChI=1S/C14H15N3O3/c1-8-4-5-16-12-3-2-9(6-10(8)12)13(18)17-7-11(15)14(19)20/h2-6,11H,7,15H2,1H3,(H,17,18)(H,19,20)/t11-/m1/s1. The fraction of sp³-hybridized carbons (Fsp3) is 0.214. The van der Waals surface area contributed by atoms with E-state index >= 15 is 0 Å². The van der Waals surface area contributed by atoms with Crippen molar-refractivity contribution in [3.8, 4) is 0 Å². The lowest BCUT2D eigenvalue weighted by Crippen LogP contribution is -2.42. The van der Waals surface area contributed by atoms with Crippen LogP contribution < -0.4 is 11.1 Å². The smallest absolute Gasteiger partial charge is 0.322 e. The zero-order chi connectivity index (χ0) is 14.7. The van der Waals surface area contributed by atoms with E-state index in [1.54, 1.807) is 24.4 Å². The first-order chi connectivity index (χ1) is 9.49. The summed E-state index contributed by atoms with van der Waals surface area (Å²) in [5.74, 6) is -1.50. The number of benzene rings is 1. The van der Waals surface area contributed by atoms with Gasteiger partial charge in [-0.3, -0.25) is 14.6 Å². The van der Waals surface area contributed by atoms with Crippen LogP contribution in [0.5, 0.6) is 0 Å². The van der Waals surface area contributed by atoms with Crippen molar-refractivity contribution in [2.24, 2.45) is 5.73 Å². The number of carboxylic acid groups (broad SMARTS) is 1. The highest BCUT2D eigenvalue weighted by Crippen LogP contribution is 2.17. The zero-order valence-corrected chi connectivity index (χ0v) is 11.0. The Kier molecular flexibility index (Phi) is 3.95. The van der Waals surface area contributed by atoms with Gasteiger partial charge in [-0.15, -0.1) is 0 Å². The third-order valence-corrected chi connectivity index (χ3v) is 3.02. The summed E-state index contributed by atoms with van der Waals surface area (Å²) in [6.07, 6.45) is 1.71. The highest BCUT2D eigenvalue weighted by Gasteiger charge is 2.14. The summed E-state index contributed by atoms with van der Waals surface area (Å²) in [7, 11) is 0. The van der Waals surface area contributed by atoms with Gasteiger partial charge in [0.25, 0.3) is 5.91 Å². The molecule has 20 heavy (non-hydrogen) atoms. The third-order valence-electron chi connectivity index (χ3n) is 3.02. The van der Waals surface area contributed by atoms with E-state index in [4.69, 9.17) is 10.8 Å². The lowest BCUT2D eigenvalue weighted by atomic mass is 10.1. The van der Waals surface area contributed by atoms with Crippen molar-refractivity contribution in [2.45, 2.75) is 13.0 Å². The molecule has 6 nitrogen and oxygen atoms in total. The van der Waals surface area contributed by atoms with Gasteiger partial charge in [0, 0.05) is 23.7 Å². The van der Waals surface area contributed by atoms with Crippen molar-refractivity contribution < 1.29 is 14.7 Å². The lowest BCUT2D eigenvalue weighted by molar-refractivity contribution is -0.138. The third kappa shape index (κ3) is 2.92. The Morgan fingerprint density at radius 2 is 2.15 bits per heavy atom. The lowest BCUT2D eigenvalue weighted by Gasteiger charge is -2.09. The monoisotopic (exact) mass is 273 g/mol. The van der Waals surface area contributed by atoms with Gasteiger partial charge in [0.2, 0.25) is 0 Å². The number of carboxylic acids is 1. The molecule has 2 rings (SSSR count). The molecule has 1 aromatic heterocycles. The molecule has 0 radical (unpaired) electrons. The second kappa shape index (κ2) is 5.66. The van der Waals surface area contributed by atoms with Gasteiger partial charge in [0.15, 0.2) is 0 Å². The molecule has 0 spiro atoms. The number of pyridine rings is 1. The van der Waals surface area contributed by atoms with E-state index in [1.807, 2.05) is 13.0 Å². The summed E-state index contributed by atoms with van der Waals surface area (Å²) in [6, 6.07) is 5.90. The number of nitrogens with one attached hydrogen (secondary N) is 1. The molecular formula is C14H15N3O3. The maximum atomic E-state index is 11.9. The molecule has 104 valence electrons. The molecule has 0 aliphatic heterocycles. The predicted molar refractivity (Wildman–Crippen MR) is 74.4 cm³/mol. The summed E-state index contributed by atoms with van der Waals surface area (Å²) < 4.78 is 0. The first-order valence-corrected chi connectivity index (χ1v) is 6.11. The summed E-state index contributed by atoms with van der Waals surface area (Å²) >= 11 is 0. The van der Waals surface area contributed by atoms with Gasteiger partial charge in [-0.05, 0) is 36.8 Å². The number of amides is 1. The number of carbonyl (C=O) groups is 2. The second-order valence-electron chi connectivity index (χ2n) is 4.51. The van der Waals surface area contributed by atoms with Crippen LogP contribution in [0, 0.1) is 6.92 Å². The zero-order valence-electron chi connectivity index (χ0n) is 11.0. The van der Waals surface area contributed by atoms with E-state index in [9.17, 15) is 9.59 Å². The van der Waals surface area contributed by atoms with Crippen molar-refractivity contribution in [2.75, 3.05) is 6.54 Å². The molecule has 0 bridgehead atoms. The molecule has 1 heterocycles. The largest absolute Gasteiger partial charge is 0.480 e. The molecule has 0 aliphatic rings. The van der Waals surface area contributed by atoms with Crippen LogP contribution in [0.15, 0.2) is 30.5 Å². The van der Waals surface area contributed by atoms with Crippen LogP contribution in [-0.2, 0) is 4.79 Å². The van der Waals surface area contributed by atoms with Gasteiger partial charge in [0.05, 0.1) is 5.52 Å². The maximum Gasteiger partial charge on any atom is 0.322 e. The van der Waals surface area contributed by atoms with Gasteiger partial charge in [-0.2, -0.15) is 0 Å². The highest BCUT2D eigenvalue weighted by atomic mass is 16.4. The van der Waals surface area contributed by atoms with E-state index in [2.05, 4.69) is 10.3 Å². The first kappa shape index (κ1) is 14.0. The van der Waals surface area contributed by atoms with Crippen molar-refractivity contribution >= 4 is 22.8 Å². The molecule has 0 saturated carbocycles. The normalized spacial score (nSPS) is 12.1. The number of rotatable bonds is 4. The number of aromatic nitrogens is 1.